The van der Waals surface area contributed by atoms with Crippen LogP contribution in [-0.4, -0.2) is 23.7 Å². The SMILES string of the molecule is CCCCOC(=O)C1(CC(CC)CCCC)CCC(C(=O)O)CC1. The van der Waals surface area contributed by atoms with Crippen molar-refractivity contribution in [3.63, 3.8) is 0 Å². The summed E-state index contributed by atoms with van der Waals surface area (Å²) in [7, 11) is 0. The highest BCUT2D eigenvalue weighted by Gasteiger charge is 2.45. The van der Waals surface area contributed by atoms with E-state index in [-0.39, 0.29) is 11.9 Å². The van der Waals surface area contributed by atoms with E-state index in [9.17, 15) is 14.7 Å². The number of carboxylic acids is 1. The molecule has 0 radical (unpaired) electrons. The third-order valence-electron chi connectivity index (χ3n) is 5.68. The Bertz CT molecular complexity index is 383. The number of ether oxygens (including phenoxy) is 1. The molecule has 0 bridgehead atoms. The average Bonchev–Trinajstić information content (AvgIpc) is 2.59. The van der Waals surface area contributed by atoms with Crippen LogP contribution in [0.2, 0.25) is 0 Å². The highest BCUT2D eigenvalue weighted by molar-refractivity contribution is 5.78. The van der Waals surface area contributed by atoms with E-state index in [4.69, 9.17) is 4.74 Å². The molecule has 24 heavy (non-hydrogen) atoms. The number of aliphatic carboxylic acids is 1. The van der Waals surface area contributed by atoms with E-state index in [0.29, 0.717) is 38.2 Å². The molecule has 1 fully saturated rings. The van der Waals surface area contributed by atoms with Crippen LogP contribution in [0.3, 0.4) is 0 Å². The molecule has 1 aliphatic rings. The van der Waals surface area contributed by atoms with Gasteiger partial charge in [-0.15, -0.1) is 0 Å². The Morgan fingerprint density at radius 3 is 2.25 bits per heavy atom. The zero-order valence-corrected chi connectivity index (χ0v) is 15.8. The molecule has 0 aliphatic heterocycles. The van der Waals surface area contributed by atoms with Gasteiger partial charge in [-0.1, -0.05) is 52.9 Å². The number of esters is 1. The quantitative estimate of drug-likeness (QED) is 0.415. The molecule has 4 nitrogen and oxygen atoms in total. The van der Waals surface area contributed by atoms with E-state index >= 15 is 0 Å². The van der Waals surface area contributed by atoms with Crippen LogP contribution in [0.5, 0.6) is 0 Å². The predicted octanol–water partition coefficient (Wildman–Crippen LogP) is 5.20. The van der Waals surface area contributed by atoms with Gasteiger partial charge in [0.1, 0.15) is 0 Å². The molecule has 0 heterocycles. The lowest BCUT2D eigenvalue weighted by atomic mass is 9.65. The van der Waals surface area contributed by atoms with Crippen LogP contribution < -0.4 is 0 Å². The van der Waals surface area contributed by atoms with Crippen molar-refractivity contribution < 1.29 is 19.4 Å². The molecule has 1 aliphatic carbocycles. The van der Waals surface area contributed by atoms with Gasteiger partial charge in [0, 0.05) is 0 Å². The monoisotopic (exact) mass is 340 g/mol. The first-order valence-corrected chi connectivity index (χ1v) is 9.89. The molecule has 0 amide bonds. The molecule has 1 unspecified atom stereocenters. The summed E-state index contributed by atoms with van der Waals surface area (Å²) in [5.41, 5.74) is -0.450. The molecule has 0 aromatic carbocycles. The summed E-state index contributed by atoms with van der Waals surface area (Å²) in [6.45, 7) is 6.96. The fourth-order valence-electron chi connectivity index (χ4n) is 3.87. The van der Waals surface area contributed by atoms with E-state index in [2.05, 4.69) is 20.8 Å². The molecular formula is C20H36O4. The standard InChI is InChI=1S/C20H36O4/c1-4-7-9-16(6-3)15-20(19(23)24-14-8-5-2)12-10-17(11-13-20)18(21)22/h16-17H,4-15H2,1-3H3,(H,21,22). The number of hydrogen-bond acceptors (Lipinski definition) is 3. The number of carboxylic acid groups (broad SMARTS) is 1. The highest BCUT2D eigenvalue weighted by atomic mass is 16.5. The van der Waals surface area contributed by atoms with Crippen molar-refractivity contribution in [1.29, 1.82) is 0 Å². The lowest BCUT2D eigenvalue weighted by molar-refractivity contribution is -0.162. The summed E-state index contributed by atoms with van der Waals surface area (Å²) in [5, 5.41) is 9.25. The van der Waals surface area contributed by atoms with Crippen molar-refractivity contribution in [2.75, 3.05) is 6.61 Å². The average molecular weight is 341 g/mol. The van der Waals surface area contributed by atoms with Gasteiger partial charge in [-0.25, -0.2) is 0 Å². The molecule has 1 N–H and O–H groups in total. The zero-order chi connectivity index (χ0) is 18.0. The molecule has 0 aromatic rings. The Morgan fingerprint density at radius 1 is 1.12 bits per heavy atom. The molecule has 1 rings (SSSR count). The Kier molecular flexibility index (Phi) is 9.38. The summed E-state index contributed by atoms with van der Waals surface area (Å²) in [6, 6.07) is 0. The fraction of sp³-hybridized carbons (Fsp3) is 0.900. The third-order valence-corrected chi connectivity index (χ3v) is 5.68. The second-order valence-electron chi connectivity index (χ2n) is 7.50. The molecular weight excluding hydrogens is 304 g/mol. The number of hydrogen-bond donors (Lipinski definition) is 1. The zero-order valence-electron chi connectivity index (χ0n) is 15.8. The van der Waals surface area contributed by atoms with Gasteiger partial charge >= 0.3 is 11.9 Å². The second-order valence-corrected chi connectivity index (χ2v) is 7.50. The summed E-state index contributed by atoms with van der Waals surface area (Å²) in [6.07, 6.45) is 9.89. The topological polar surface area (TPSA) is 63.6 Å². The van der Waals surface area contributed by atoms with Crippen LogP contribution >= 0.6 is 0 Å². The molecule has 4 heteroatoms. The second kappa shape index (κ2) is 10.7. The Balaban J connectivity index is 2.78. The largest absolute Gasteiger partial charge is 0.481 e. The lowest BCUT2D eigenvalue weighted by Crippen LogP contribution is -2.40. The minimum absolute atomic E-state index is 0.0743. The summed E-state index contributed by atoms with van der Waals surface area (Å²) in [5.74, 6) is -0.557. The van der Waals surface area contributed by atoms with Crippen LogP contribution in [0.1, 0.15) is 91.4 Å². The van der Waals surface area contributed by atoms with E-state index in [1.54, 1.807) is 0 Å². The highest BCUT2D eigenvalue weighted by Crippen LogP contribution is 2.46. The number of carbonyl (C=O) groups is 2. The first-order chi connectivity index (χ1) is 11.5. The van der Waals surface area contributed by atoms with Crippen LogP contribution in [0.15, 0.2) is 0 Å². The number of unbranched alkanes of at least 4 members (excludes halogenated alkanes) is 2. The first-order valence-electron chi connectivity index (χ1n) is 9.89. The first kappa shape index (κ1) is 21.0. The lowest BCUT2D eigenvalue weighted by Gasteiger charge is -2.39. The normalized spacial score (nSPS) is 25.2. The Morgan fingerprint density at radius 2 is 1.75 bits per heavy atom. The molecule has 140 valence electrons. The third kappa shape index (κ3) is 6.10. The van der Waals surface area contributed by atoms with Gasteiger partial charge < -0.3 is 9.84 Å². The molecule has 0 aromatic heterocycles. The maximum atomic E-state index is 12.8. The summed E-state index contributed by atoms with van der Waals surface area (Å²) < 4.78 is 5.58. The van der Waals surface area contributed by atoms with Gasteiger partial charge in [0.25, 0.3) is 0 Å². The predicted molar refractivity (Wildman–Crippen MR) is 95.8 cm³/mol. The van der Waals surface area contributed by atoms with Gasteiger partial charge in [0.05, 0.1) is 17.9 Å². The Hall–Kier alpha value is -1.06. The van der Waals surface area contributed by atoms with Gasteiger partial charge in [0.15, 0.2) is 0 Å². The van der Waals surface area contributed by atoms with Gasteiger partial charge in [-0.3, -0.25) is 9.59 Å². The maximum Gasteiger partial charge on any atom is 0.312 e. The number of rotatable bonds is 11. The van der Waals surface area contributed by atoms with Gasteiger partial charge in [-0.05, 0) is 44.4 Å². The van der Waals surface area contributed by atoms with Crippen LogP contribution in [0.4, 0.5) is 0 Å². The van der Waals surface area contributed by atoms with Crippen molar-refractivity contribution in [2.45, 2.75) is 91.4 Å². The van der Waals surface area contributed by atoms with Crippen molar-refractivity contribution in [1.82, 2.24) is 0 Å². The van der Waals surface area contributed by atoms with Gasteiger partial charge in [-0.2, -0.15) is 0 Å². The summed E-state index contributed by atoms with van der Waals surface area (Å²) in [4.78, 5) is 24.1. The van der Waals surface area contributed by atoms with E-state index in [1.165, 1.54) is 12.8 Å². The van der Waals surface area contributed by atoms with Crippen molar-refractivity contribution in [3.05, 3.63) is 0 Å². The van der Waals surface area contributed by atoms with Crippen LogP contribution in [-0.2, 0) is 14.3 Å². The van der Waals surface area contributed by atoms with E-state index < -0.39 is 11.4 Å². The van der Waals surface area contributed by atoms with Crippen LogP contribution in [0.25, 0.3) is 0 Å². The van der Waals surface area contributed by atoms with Crippen molar-refractivity contribution in [2.24, 2.45) is 17.3 Å². The molecule has 1 atom stereocenters. The minimum Gasteiger partial charge on any atom is -0.481 e. The fourth-order valence-corrected chi connectivity index (χ4v) is 3.87. The van der Waals surface area contributed by atoms with Crippen molar-refractivity contribution in [3.8, 4) is 0 Å². The molecule has 0 saturated heterocycles. The van der Waals surface area contributed by atoms with E-state index in [0.717, 1.165) is 32.1 Å². The maximum absolute atomic E-state index is 12.8. The van der Waals surface area contributed by atoms with Crippen molar-refractivity contribution >= 4 is 11.9 Å². The number of carbonyl (C=O) groups excluding carboxylic acids is 1. The minimum atomic E-state index is -0.721. The van der Waals surface area contributed by atoms with E-state index in [1.807, 2.05) is 0 Å². The smallest absolute Gasteiger partial charge is 0.312 e. The Labute approximate surface area is 147 Å². The molecule has 0 spiro atoms. The van der Waals surface area contributed by atoms with Gasteiger partial charge in [0.2, 0.25) is 0 Å². The summed E-state index contributed by atoms with van der Waals surface area (Å²) >= 11 is 0. The van der Waals surface area contributed by atoms with Crippen LogP contribution in [0, 0.1) is 17.3 Å². The molecule has 1 saturated carbocycles.